The Morgan fingerprint density at radius 3 is 2.57 bits per heavy atom. The van der Waals surface area contributed by atoms with E-state index in [0.717, 1.165) is 22.7 Å². The van der Waals surface area contributed by atoms with Gasteiger partial charge in [-0.15, -0.1) is 0 Å². The maximum atomic E-state index is 6.27. The smallest absolute Gasteiger partial charge is 0.179 e. The molecule has 0 saturated carbocycles. The number of fused-ring (bicyclic) bond motifs is 1. The minimum atomic E-state index is 0.585. The van der Waals surface area contributed by atoms with Crippen molar-refractivity contribution >= 4 is 28.9 Å². The highest BCUT2D eigenvalue weighted by Crippen LogP contribution is 2.38. The van der Waals surface area contributed by atoms with Crippen LogP contribution in [0.25, 0.3) is 0 Å². The third-order valence-corrected chi connectivity index (χ3v) is 3.74. The van der Waals surface area contributed by atoms with Crippen LogP contribution in [0.1, 0.15) is 12.0 Å². The zero-order valence-corrected chi connectivity index (χ0v) is 12.9. The van der Waals surface area contributed by atoms with E-state index >= 15 is 0 Å². The number of hydrogen-bond donors (Lipinski definition) is 1. The van der Waals surface area contributed by atoms with Gasteiger partial charge in [0.25, 0.3) is 0 Å². The number of anilines is 1. The van der Waals surface area contributed by atoms with Crippen molar-refractivity contribution in [1.29, 1.82) is 0 Å². The Morgan fingerprint density at radius 1 is 1.00 bits per heavy atom. The van der Waals surface area contributed by atoms with Crippen LogP contribution in [0.5, 0.6) is 11.5 Å². The Bertz CT molecular complexity index is 629. The van der Waals surface area contributed by atoms with Crippen LogP contribution < -0.4 is 14.8 Å². The Kier molecular flexibility index (Phi) is 4.42. The molecule has 0 bridgehead atoms. The van der Waals surface area contributed by atoms with E-state index in [1.54, 1.807) is 0 Å². The normalized spacial score (nSPS) is 13.6. The minimum absolute atomic E-state index is 0.585. The van der Waals surface area contributed by atoms with Crippen LogP contribution in [0, 0.1) is 0 Å². The Balaban J connectivity index is 1.75. The summed E-state index contributed by atoms with van der Waals surface area (Å²) in [6.07, 6.45) is 0.864. The molecule has 0 aliphatic carbocycles. The van der Waals surface area contributed by atoms with E-state index in [9.17, 15) is 0 Å². The summed E-state index contributed by atoms with van der Waals surface area (Å²) in [5, 5.41) is 4.63. The molecule has 0 unspecified atom stereocenters. The molecule has 3 nitrogen and oxygen atoms in total. The largest absolute Gasteiger partial charge is 0.489 e. The van der Waals surface area contributed by atoms with E-state index in [2.05, 4.69) is 5.32 Å². The van der Waals surface area contributed by atoms with Gasteiger partial charge in [-0.05, 0) is 42.0 Å². The van der Waals surface area contributed by atoms with Crippen molar-refractivity contribution in [2.75, 3.05) is 18.5 Å². The lowest BCUT2D eigenvalue weighted by Crippen LogP contribution is -2.01. The molecule has 0 atom stereocenters. The summed E-state index contributed by atoms with van der Waals surface area (Å²) < 4.78 is 11.3. The third kappa shape index (κ3) is 3.55. The summed E-state index contributed by atoms with van der Waals surface area (Å²) in [7, 11) is 0. The van der Waals surface area contributed by atoms with Crippen molar-refractivity contribution in [3.8, 4) is 11.5 Å². The van der Waals surface area contributed by atoms with Gasteiger partial charge in [-0.25, -0.2) is 0 Å². The molecule has 1 heterocycles. The third-order valence-electron chi connectivity index (χ3n) is 3.20. The van der Waals surface area contributed by atoms with Crippen molar-refractivity contribution < 1.29 is 9.47 Å². The van der Waals surface area contributed by atoms with E-state index in [0.29, 0.717) is 36.3 Å². The first-order valence-electron chi connectivity index (χ1n) is 6.80. The molecule has 5 heteroatoms. The highest BCUT2D eigenvalue weighted by Gasteiger charge is 2.15. The highest BCUT2D eigenvalue weighted by molar-refractivity contribution is 6.32. The predicted molar refractivity (Wildman–Crippen MR) is 85.8 cm³/mol. The molecule has 0 saturated heterocycles. The van der Waals surface area contributed by atoms with Crippen LogP contribution in [-0.2, 0) is 6.54 Å². The average Bonchev–Trinajstić information content (AvgIpc) is 2.72. The van der Waals surface area contributed by atoms with Gasteiger partial charge < -0.3 is 14.8 Å². The Hall–Kier alpha value is -1.58. The topological polar surface area (TPSA) is 30.5 Å². The second kappa shape index (κ2) is 6.46. The molecule has 0 spiro atoms. The predicted octanol–water partition coefficient (Wildman–Crippen LogP) is 4.77. The van der Waals surface area contributed by atoms with Crippen molar-refractivity contribution in [1.82, 2.24) is 0 Å². The number of hydrogen-bond acceptors (Lipinski definition) is 3. The molecule has 21 heavy (non-hydrogen) atoms. The lowest BCUT2D eigenvalue weighted by molar-refractivity contribution is 0.297. The Labute approximate surface area is 133 Å². The fraction of sp³-hybridized carbons (Fsp3) is 0.250. The molecular formula is C16H15Cl2NO2. The number of ether oxygens (including phenoxy) is 2. The van der Waals surface area contributed by atoms with E-state index in [1.165, 1.54) is 0 Å². The first kappa shape index (κ1) is 14.4. The summed E-state index contributed by atoms with van der Waals surface area (Å²) >= 11 is 12.1. The molecule has 0 radical (unpaired) electrons. The summed E-state index contributed by atoms with van der Waals surface area (Å²) in [5.41, 5.74) is 2.04. The minimum Gasteiger partial charge on any atom is -0.489 e. The first-order chi connectivity index (χ1) is 10.2. The molecule has 2 aromatic rings. The van der Waals surface area contributed by atoms with Gasteiger partial charge in [0.05, 0.1) is 18.2 Å². The monoisotopic (exact) mass is 323 g/mol. The standard InChI is InChI=1S/C16H15Cl2NO2/c17-12-2-4-13(5-3-12)19-10-11-8-14(18)16-15(9-11)20-6-1-7-21-16/h2-5,8-9,19H,1,6-7,10H2. The molecule has 0 aromatic heterocycles. The maximum absolute atomic E-state index is 6.27. The van der Waals surface area contributed by atoms with Gasteiger partial charge >= 0.3 is 0 Å². The van der Waals surface area contributed by atoms with Crippen LogP contribution >= 0.6 is 23.2 Å². The van der Waals surface area contributed by atoms with Gasteiger partial charge in [0, 0.05) is 23.7 Å². The van der Waals surface area contributed by atoms with Gasteiger partial charge in [0.2, 0.25) is 0 Å². The molecule has 0 amide bonds. The maximum Gasteiger partial charge on any atom is 0.179 e. The SMILES string of the molecule is Clc1ccc(NCc2cc(Cl)c3c(c2)OCCCO3)cc1. The van der Waals surface area contributed by atoms with Gasteiger partial charge in [0.15, 0.2) is 11.5 Å². The highest BCUT2D eigenvalue weighted by atomic mass is 35.5. The van der Waals surface area contributed by atoms with Crippen LogP contribution in [-0.4, -0.2) is 13.2 Å². The molecule has 1 N–H and O–H groups in total. The molecule has 110 valence electrons. The summed E-state index contributed by atoms with van der Waals surface area (Å²) in [6.45, 7) is 1.93. The van der Waals surface area contributed by atoms with Gasteiger partial charge in [-0.1, -0.05) is 23.2 Å². The van der Waals surface area contributed by atoms with Crippen LogP contribution in [0.2, 0.25) is 10.0 Å². The van der Waals surface area contributed by atoms with Gasteiger partial charge in [0.1, 0.15) is 0 Å². The number of rotatable bonds is 3. The summed E-state index contributed by atoms with van der Waals surface area (Å²) in [6, 6.07) is 11.4. The van der Waals surface area contributed by atoms with E-state index in [1.807, 2.05) is 36.4 Å². The quantitative estimate of drug-likeness (QED) is 0.882. The molecule has 1 aliphatic heterocycles. The molecule has 2 aromatic carbocycles. The molecular weight excluding hydrogens is 309 g/mol. The number of halogens is 2. The summed E-state index contributed by atoms with van der Waals surface area (Å²) in [5.74, 6) is 1.36. The first-order valence-corrected chi connectivity index (χ1v) is 7.55. The zero-order chi connectivity index (χ0) is 14.7. The van der Waals surface area contributed by atoms with Crippen molar-refractivity contribution in [3.05, 3.63) is 52.0 Å². The van der Waals surface area contributed by atoms with Crippen molar-refractivity contribution in [3.63, 3.8) is 0 Å². The molecule has 0 fully saturated rings. The van der Waals surface area contributed by atoms with E-state index in [4.69, 9.17) is 32.7 Å². The molecule has 1 aliphatic rings. The van der Waals surface area contributed by atoms with Crippen molar-refractivity contribution in [2.24, 2.45) is 0 Å². The second-order valence-electron chi connectivity index (χ2n) is 4.82. The van der Waals surface area contributed by atoms with Gasteiger partial charge in [-0.2, -0.15) is 0 Å². The van der Waals surface area contributed by atoms with E-state index < -0.39 is 0 Å². The Morgan fingerprint density at radius 2 is 1.76 bits per heavy atom. The molecule has 3 rings (SSSR count). The van der Waals surface area contributed by atoms with Crippen LogP contribution in [0.15, 0.2) is 36.4 Å². The lowest BCUT2D eigenvalue weighted by atomic mass is 10.2. The fourth-order valence-electron chi connectivity index (χ4n) is 2.16. The lowest BCUT2D eigenvalue weighted by Gasteiger charge is -2.12. The number of benzene rings is 2. The second-order valence-corrected chi connectivity index (χ2v) is 5.66. The van der Waals surface area contributed by atoms with E-state index in [-0.39, 0.29) is 0 Å². The van der Waals surface area contributed by atoms with Crippen LogP contribution in [0.3, 0.4) is 0 Å². The zero-order valence-electron chi connectivity index (χ0n) is 11.4. The van der Waals surface area contributed by atoms with Crippen LogP contribution in [0.4, 0.5) is 5.69 Å². The fourth-order valence-corrected chi connectivity index (χ4v) is 2.57. The average molecular weight is 324 g/mol. The summed E-state index contributed by atoms with van der Waals surface area (Å²) in [4.78, 5) is 0. The number of nitrogens with one attached hydrogen (secondary N) is 1. The van der Waals surface area contributed by atoms with Crippen molar-refractivity contribution in [2.45, 2.75) is 13.0 Å². The van der Waals surface area contributed by atoms with Gasteiger partial charge in [-0.3, -0.25) is 0 Å².